The number of ketones is 1. The number of methoxy groups -OCH3 is 1. The van der Waals surface area contributed by atoms with Crippen LogP contribution in [0.4, 0.5) is 0 Å². The van der Waals surface area contributed by atoms with Gasteiger partial charge >= 0.3 is 0 Å². The lowest BCUT2D eigenvalue weighted by molar-refractivity contribution is 0.101. The molecule has 0 atom stereocenters. The number of ether oxygens (including phenoxy) is 1. The van der Waals surface area contributed by atoms with Crippen molar-refractivity contribution in [1.29, 1.82) is 0 Å². The van der Waals surface area contributed by atoms with Crippen molar-refractivity contribution in [2.45, 2.75) is 17.6 Å². The predicted molar refractivity (Wildman–Crippen MR) is 86.7 cm³/mol. The zero-order chi connectivity index (χ0) is 14.5. The van der Waals surface area contributed by atoms with Crippen LogP contribution in [0.3, 0.4) is 0 Å². The SMILES string of the molecule is COc1ccc(Br)c(CSc2ccc(C(C)=O)cc2)c1. The van der Waals surface area contributed by atoms with Gasteiger partial charge in [-0.05, 0) is 42.8 Å². The molecule has 20 heavy (non-hydrogen) atoms. The summed E-state index contributed by atoms with van der Waals surface area (Å²) in [5.41, 5.74) is 1.93. The van der Waals surface area contributed by atoms with Gasteiger partial charge < -0.3 is 4.74 Å². The molecule has 2 rings (SSSR count). The standard InChI is InChI=1S/C16H15BrO2S/c1-11(18)12-3-6-15(7-4-12)20-10-13-9-14(19-2)5-8-16(13)17/h3-9H,10H2,1-2H3. The lowest BCUT2D eigenvalue weighted by Gasteiger charge is -2.07. The van der Waals surface area contributed by atoms with E-state index in [-0.39, 0.29) is 5.78 Å². The Morgan fingerprint density at radius 2 is 1.90 bits per heavy atom. The summed E-state index contributed by atoms with van der Waals surface area (Å²) in [4.78, 5) is 12.4. The lowest BCUT2D eigenvalue weighted by atomic mass is 10.2. The molecule has 2 nitrogen and oxygen atoms in total. The average molecular weight is 351 g/mol. The van der Waals surface area contributed by atoms with Crippen LogP contribution in [0.25, 0.3) is 0 Å². The third kappa shape index (κ3) is 3.87. The highest BCUT2D eigenvalue weighted by Gasteiger charge is 2.04. The van der Waals surface area contributed by atoms with Crippen LogP contribution in [0.1, 0.15) is 22.8 Å². The molecule has 0 aliphatic rings. The van der Waals surface area contributed by atoms with Gasteiger partial charge in [-0.15, -0.1) is 11.8 Å². The number of halogens is 1. The van der Waals surface area contributed by atoms with Gasteiger partial charge in [-0.25, -0.2) is 0 Å². The summed E-state index contributed by atoms with van der Waals surface area (Å²) in [5, 5.41) is 0. The van der Waals surface area contributed by atoms with Gasteiger partial charge in [0.1, 0.15) is 5.75 Å². The summed E-state index contributed by atoms with van der Waals surface area (Å²) in [5.74, 6) is 1.80. The number of carbonyl (C=O) groups excluding carboxylic acids is 1. The van der Waals surface area contributed by atoms with Gasteiger partial charge in [0.25, 0.3) is 0 Å². The topological polar surface area (TPSA) is 26.3 Å². The summed E-state index contributed by atoms with van der Waals surface area (Å²) < 4.78 is 6.31. The Labute approximate surface area is 131 Å². The van der Waals surface area contributed by atoms with Crippen LogP contribution in [0, 0.1) is 0 Å². The Balaban J connectivity index is 2.06. The van der Waals surface area contributed by atoms with E-state index in [0.717, 1.165) is 26.4 Å². The highest BCUT2D eigenvalue weighted by molar-refractivity contribution is 9.10. The van der Waals surface area contributed by atoms with Crippen LogP contribution in [-0.4, -0.2) is 12.9 Å². The van der Waals surface area contributed by atoms with Crippen LogP contribution in [0.15, 0.2) is 51.8 Å². The Morgan fingerprint density at radius 1 is 1.20 bits per heavy atom. The predicted octanol–water partition coefficient (Wildman–Crippen LogP) is 4.95. The van der Waals surface area contributed by atoms with Crippen LogP contribution >= 0.6 is 27.7 Å². The molecule has 0 saturated heterocycles. The monoisotopic (exact) mass is 350 g/mol. The number of benzene rings is 2. The minimum Gasteiger partial charge on any atom is -0.497 e. The first kappa shape index (κ1) is 15.1. The minimum absolute atomic E-state index is 0.0945. The summed E-state index contributed by atoms with van der Waals surface area (Å²) in [6.07, 6.45) is 0. The molecule has 0 unspecified atom stereocenters. The molecule has 0 aliphatic heterocycles. The normalized spacial score (nSPS) is 10.3. The van der Waals surface area contributed by atoms with Gasteiger partial charge in [-0.2, -0.15) is 0 Å². The summed E-state index contributed by atoms with van der Waals surface area (Å²) in [7, 11) is 1.67. The van der Waals surface area contributed by atoms with Crippen molar-refractivity contribution in [1.82, 2.24) is 0 Å². The second kappa shape index (κ2) is 6.95. The highest BCUT2D eigenvalue weighted by atomic mass is 79.9. The number of hydrogen-bond acceptors (Lipinski definition) is 3. The fourth-order valence-corrected chi connectivity index (χ4v) is 3.20. The van der Waals surface area contributed by atoms with Crippen molar-refractivity contribution >= 4 is 33.5 Å². The van der Waals surface area contributed by atoms with E-state index in [2.05, 4.69) is 15.9 Å². The van der Waals surface area contributed by atoms with Crippen LogP contribution in [0.2, 0.25) is 0 Å². The van der Waals surface area contributed by atoms with E-state index >= 15 is 0 Å². The fourth-order valence-electron chi connectivity index (χ4n) is 1.74. The first-order valence-corrected chi connectivity index (χ1v) is 7.94. The molecule has 0 radical (unpaired) electrons. The smallest absolute Gasteiger partial charge is 0.159 e. The molecular weight excluding hydrogens is 336 g/mol. The summed E-state index contributed by atoms with van der Waals surface area (Å²) in [6.45, 7) is 1.58. The van der Waals surface area contributed by atoms with Gasteiger partial charge in [0.05, 0.1) is 7.11 Å². The third-order valence-electron chi connectivity index (χ3n) is 2.91. The Morgan fingerprint density at radius 3 is 2.50 bits per heavy atom. The Bertz CT molecular complexity index is 608. The van der Waals surface area contributed by atoms with Gasteiger partial charge in [0.15, 0.2) is 5.78 Å². The number of carbonyl (C=O) groups is 1. The summed E-state index contributed by atoms with van der Waals surface area (Å²) >= 11 is 5.28. The number of thioether (sulfide) groups is 1. The van der Waals surface area contributed by atoms with Crippen molar-refractivity contribution in [2.24, 2.45) is 0 Å². The molecule has 104 valence electrons. The molecule has 0 aliphatic carbocycles. The van der Waals surface area contributed by atoms with E-state index in [9.17, 15) is 4.79 Å². The van der Waals surface area contributed by atoms with Crippen LogP contribution in [0.5, 0.6) is 5.75 Å². The molecule has 0 bridgehead atoms. The Kier molecular flexibility index (Phi) is 5.26. The quantitative estimate of drug-likeness (QED) is 0.563. The lowest BCUT2D eigenvalue weighted by Crippen LogP contribution is -1.91. The minimum atomic E-state index is 0.0945. The average Bonchev–Trinajstić information content (AvgIpc) is 2.47. The van der Waals surface area contributed by atoms with E-state index in [0.29, 0.717) is 0 Å². The molecule has 0 heterocycles. The molecule has 2 aromatic rings. The molecular formula is C16H15BrO2S. The summed E-state index contributed by atoms with van der Waals surface area (Å²) in [6, 6.07) is 13.6. The van der Waals surface area contributed by atoms with Gasteiger partial charge in [-0.3, -0.25) is 4.79 Å². The van der Waals surface area contributed by atoms with E-state index in [1.807, 2.05) is 42.5 Å². The maximum absolute atomic E-state index is 11.2. The molecule has 2 aromatic carbocycles. The third-order valence-corrected chi connectivity index (χ3v) is 4.74. The number of Topliss-reactive ketones (excluding diaryl/α,β-unsaturated/α-hetero) is 1. The van der Waals surface area contributed by atoms with Gasteiger partial charge in [0.2, 0.25) is 0 Å². The maximum Gasteiger partial charge on any atom is 0.159 e. The zero-order valence-electron chi connectivity index (χ0n) is 11.4. The number of hydrogen-bond donors (Lipinski definition) is 0. The molecule has 0 fully saturated rings. The maximum atomic E-state index is 11.2. The second-order valence-corrected chi connectivity index (χ2v) is 6.23. The first-order chi connectivity index (χ1) is 9.60. The Hall–Kier alpha value is -1.26. The highest BCUT2D eigenvalue weighted by Crippen LogP contribution is 2.29. The molecule has 0 N–H and O–H groups in total. The molecule has 0 saturated carbocycles. The second-order valence-electron chi connectivity index (χ2n) is 4.33. The van der Waals surface area contributed by atoms with E-state index in [1.165, 1.54) is 5.56 Å². The zero-order valence-corrected chi connectivity index (χ0v) is 13.8. The number of rotatable bonds is 5. The van der Waals surface area contributed by atoms with Crippen LogP contribution in [-0.2, 0) is 5.75 Å². The fraction of sp³-hybridized carbons (Fsp3) is 0.188. The molecule has 4 heteroatoms. The van der Waals surface area contributed by atoms with Crippen molar-refractivity contribution < 1.29 is 9.53 Å². The molecule has 0 aromatic heterocycles. The van der Waals surface area contributed by atoms with Gasteiger partial charge in [-0.1, -0.05) is 28.1 Å². The first-order valence-electron chi connectivity index (χ1n) is 6.16. The molecule has 0 spiro atoms. The van der Waals surface area contributed by atoms with Crippen molar-refractivity contribution in [3.63, 3.8) is 0 Å². The van der Waals surface area contributed by atoms with Crippen LogP contribution < -0.4 is 4.74 Å². The van der Waals surface area contributed by atoms with Crippen molar-refractivity contribution in [3.8, 4) is 5.75 Å². The largest absolute Gasteiger partial charge is 0.497 e. The van der Waals surface area contributed by atoms with E-state index < -0.39 is 0 Å². The van der Waals surface area contributed by atoms with Crippen molar-refractivity contribution in [3.05, 3.63) is 58.1 Å². The molecule has 0 amide bonds. The van der Waals surface area contributed by atoms with Crippen molar-refractivity contribution in [2.75, 3.05) is 7.11 Å². The van der Waals surface area contributed by atoms with Gasteiger partial charge in [0, 0.05) is 20.7 Å². The van der Waals surface area contributed by atoms with E-state index in [1.54, 1.807) is 25.8 Å². The van der Waals surface area contributed by atoms with E-state index in [4.69, 9.17) is 4.74 Å².